The summed E-state index contributed by atoms with van der Waals surface area (Å²) < 4.78 is 6.88. The van der Waals surface area contributed by atoms with Gasteiger partial charge in [0.15, 0.2) is 5.82 Å². The lowest BCUT2D eigenvalue weighted by molar-refractivity contribution is -0.116. The Balaban J connectivity index is 0.00000280. The first kappa shape index (κ1) is 22.2. The number of aromatic nitrogens is 3. The predicted octanol–water partition coefficient (Wildman–Crippen LogP) is 3.23. The number of anilines is 1. The number of nitrogens with zero attached hydrogens (tertiary/aromatic N) is 3. The highest BCUT2D eigenvalue weighted by molar-refractivity contribution is 5.89. The average Bonchev–Trinajstić information content (AvgIpc) is 3.07. The van der Waals surface area contributed by atoms with Crippen LogP contribution < -0.4 is 15.4 Å². The summed E-state index contributed by atoms with van der Waals surface area (Å²) in [7, 11) is 3.48. The number of ether oxygens (including phenoxy) is 1. The van der Waals surface area contributed by atoms with E-state index in [-0.39, 0.29) is 24.2 Å². The van der Waals surface area contributed by atoms with Crippen LogP contribution in [0.25, 0.3) is 0 Å². The molecule has 1 fully saturated rings. The van der Waals surface area contributed by atoms with Gasteiger partial charge in [0.1, 0.15) is 5.75 Å². The van der Waals surface area contributed by atoms with Crippen LogP contribution in [0.3, 0.4) is 0 Å². The van der Waals surface area contributed by atoms with Crippen molar-refractivity contribution < 1.29 is 9.53 Å². The van der Waals surface area contributed by atoms with Crippen molar-refractivity contribution in [2.75, 3.05) is 25.5 Å². The zero-order valence-corrected chi connectivity index (χ0v) is 17.6. The van der Waals surface area contributed by atoms with Gasteiger partial charge in [0.05, 0.1) is 7.11 Å². The monoisotopic (exact) mass is 407 g/mol. The maximum atomic E-state index is 12.6. The normalized spacial score (nSPS) is 15.5. The van der Waals surface area contributed by atoms with E-state index in [0.29, 0.717) is 18.3 Å². The molecule has 154 valence electrons. The fourth-order valence-electron chi connectivity index (χ4n) is 3.54. The predicted molar refractivity (Wildman–Crippen MR) is 112 cm³/mol. The molecule has 1 aromatic heterocycles. The third-order valence-corrected chi connectivity index (χ3v) is 5.25. The van der Waals surface area contributed by atoms with E-state index in [1.807, 2.05) is 31.3 Å². The summed E-state index contributed by atoms with van der Waals surface area (Å²) in [6, 6.07) is 7.92. The number of benzene rings is 1. The van der Waals surface area contributed by atoms with Crippen molar-refractivity contribution in [3.05, 3.63) is 35.7 Å². The molecule has 2 heterocycles. The van der Waals surface area contributed by atoms with Gasteiger partial charge in [-0.1, -0.05) is 19.1 Å². The molecule has 0 radical (unpaired) electrons. The van der Waals surface area contributed by atoms with Crippen LogP contribution in [-0.2, 0) is 11.8 Å². The summed E-state index contributed by atoms with van der Waals surface area (Å²) in [6.45, 7) is 4.08. The molecule has 1 aliphatic rings. The molecule has 28 heavy (non-hydrogen) atoms. The van der Waals surface area contributed by atoms with Crippen LogP contribution in [0.5, 0.6) is 5.75 Å². The SMILES string of the molecule is CCC(CC(=O)Nc1nc(C2CCNCC2)nn1C)c1ccc(OC)cc1.Cl. The van der Waals surface area contributed by atoms with Gasteiger partial charge in [0.25, 0.3) is 0 Å². The summed E-state index contributed by atoms with van der Waals surface area (Å²) in [5, 5.41) is 10.8. The number of carbonyl (C=O) groups excluding carboxylic acids is 1. The van der Waals surface area contributed by atoms with Crippen molar-refractivity contribution in [1.82, 2.24) is 20.1 Å². The number of methoxy groups -OCH3 is 1. The Morgan fingerprint density at radius 3 is 2.61 bits per heavy atom. The summed E-state index contributed by atoms with van der Waals surface area (Å²) in [5.74, 6) is 2.67. The molecule has 1 aromatic carbocycles. The molecule has 0 saturated carbocycles. The van der Waals surface area contributed by atoms with Crippen molar-refractivity contribution in [3.8, 4) is 5.75 Å². The lowest BCUT2D eigenvalue weighted by atomic mass is 9.93. The molecule has 1 aliphatic heterocycles. The van der Waals surface area contributed by atoms with E-state index < -0.39 is 0 Å². The van der Waals surface area contributed by atoms with Crippen molar-refractivity contribution >= 4 is 24.3 Å². The number of amides is 1. The first-order valence-corrected chi connectivity index (χ1v) is 9.66. The Labute approximate surface area is 172 Å². The van der Waals surface area contributed by atoms with Gasteiger partial charge in [0.2, 0.25) is 11.9 Å². The van der Waals surface area contributed by atoms with Crippen LogP contribution in [0.1, 0.15) is 55.8 Å². The third kappa shape index (κ3) is 5.45. The number of hydrogen-bond donors (Lipinski definition) is 2. The van der Waals surface area contributed by atoms with Gasteiger partial charge in [-0.05, 0) is 56.0 Å². The van der Waals surface area contributed by atoms with E-state index in [0.717, 1.165) is 49.5 Å². The summed E-state index contributed by atoms with van der Waals surface area (Å²) in [5.41, 5.74) is 1.14. The molecule has 1 amide bonds. The Morgan fingerprint density at radius 1 is 1.32 bits per heavy atom. The Hall–Kier alpha value is -2.12. The van der Waals surface area contributed by atoms with E-state index in [4.69, 9.17) is 4.74 Å². The highest BCUT2D eigenvalue weighted by atomic mass is 35.5. The number of nitrogens with one attached hydrogen (secondary N) is 2. The van der Waals surface area contributed by atoms with Crippen LogP contribution in [-0.4, -0.2) is 40.9 Å². The molecule has 1 unspecified atom stereocenters. The second-order valence-corrected chi connectivity index (χ2v) is 7.07. The number of piperidine rings is 1. The Bertz CT molecular complexity index is 756. The lowest BCUT2D eigenvalue weighted by Gasteiger charge is -2.19. The first-order chi connectivity index (χ1) is 13.1. The van der Waals surface area contributed by atoms with Crippen LogP contribution in [0.4, 0.5) is 5.95 Å². The molecule has 7 nitrogen and oxygen atoms in total. The first-order valence-electron chi connectivity index (χ1n) is 9.66. The van der Waals surface area contributed by atoms with Gasteiger partial charge in [-0.3, -0.25) is 10.1 Å². The molecule has 8 heteroatoms. The maximum Gasteiger partial charge on any atom is 0.227 e. The van der Waals surface area contributed by atoms with E-state index in [2.05, 4.69) is 27.6 Å². The second-order valence-electron chi connectivity index (χ2n) is 7.07. The number of hydrogen-bond acceptors (Lipinski definition) is 5. The minimum Gasteiger partial charge on any atom is -0.497 e. The quantitative estimate of drug-likeness (QED) is 0.736. The van der Waals surface area contributed by atoms with Gasteiger partial charge >= 0.3 is 0 Å². The smallest absolute Gasteiger partial charge is 0.227 e. The molecular weight excluding hydrogens is 378 g/mol. The van der Waals surface area contributed by atoms with Gasteiger partial charge in [-0.25, -0.2) is 4.68 Å². The van der Waals surface area contributed by atoms with Crippen LogP contribution in [0.2, 0.25) is 0 Å². The van der Waals surface area contributed by atoms with Crippen LogP contribution >= 0.6 is 12.4 Å². The lowest BCUT2D eigenvalue weighted by Crippen LogP contribution is -2.27. The summed E-state index contributed by atoms with van der Waals surface area (Å²) in [4.78, 5) is 17.2. The van der Waals surface area contributed by atoms with Crippen molar-refractivity contribution in [3.63, 3.8) is 0 Å². The number of carbonyl (C=O) groups is 1. The van der Waals surface area contributed by atoms with Crippen molar-refractivity contribution in [2.45, 2.75) is 44.4 Å². The maximum absolute atomic E-state index is 12.6. The van der Waals surface area contributed by atoms with E-state index in [9.17, 15) is 4.79 Å². The molecule has 3 rings (SSSR count). The molecule has 0 bridgehead atoms. The number of aryl methyl sites for hydroxylation is 1. The van der Waals surface area contributed by atoms with Crippen molar-refractivity contribution in [1.29, 1.82) is 0 Å². The van der Waals surface area contributed by atoms with E-state index >= 15 is 0 Å². The zero-order valence-electron chi connectivity index (χ0n) is 16.8. The topological polar surface area (TPSA) is 81.1 Å². The zero-order chi connectivity index (χ0) is 19.2. The van der Waals surface area contributed by atoms with E-state index in [1.54, 1.807) is 11.8 Å². The van der Waals surface area contributed by atoms with E-state index in [1.165, 1.54) is 0 Å². The fraction of sp³-hybridized carbons (Fsp3) is 0.550. The van der Waals surface area contributed by atoms with Gasteiger partial charge in [-0.2, -0.15) is 10.1 Å². The molecule has 2 N–H and O–H groups in total. The molecular formula is C20H30ClN5O2. The summed E-state index contributed by atoms with van der Waals surface area (Å²) >= 11 is 0. The van der Waals surface area contributed by atoms with Crippen LogP contribution in [0.15, 0.2) is 24.3 Å². The average molecular weight is 408 g/mol. The van der Waals surface area contributed by atoms with Gasteiger partial charge in [-0.15, -0.1) is 12.4 Å². The molecule has 2 aromatic rings. The molecule has 1 atom stereocenters. The molecule has 0 aliphatic carbocycles. The minimum atomic E-state index is -0.0370. The number of halogens is 1. The second kappa shape index (κ2) is 10.4. The molecule has 0 spiro atoms. The molecule has 1 saturated heterocycles. The van der Waals surface area contributed by atoms with Gasteiger partial charge in [0, 0.05) is 19.4 Å². The highest BCUT2D eigenvalue weighted by Crippen LogP contribution is 2.26. The third-order valence-electron chi connectivity index (χ3n) is 5.25. The minimum absolute atomic E-state index is 0. The Kier molecular flexibility index (Phi) is 8.26. The summed E-state index contributed by atoms with van der Waals surface area (Å²) in [6.07, 6.45) is 3.37. The fourth-order valence-corrected chi connectivity index (χ4v) is 3.54. The number of rotatable bonds is 7. The highest BCUT2D eigenvalue weighted by Gasteiger charge is 2.22. The van der Waals surface area contributed by atoms with Crippen molar-refractivity contribution in [2.24, 2.45) is 7.05 Å². The van der Waals surface area contributed by atoms with Gasteiger partial charge < -0.3 is 10.1 Å². The largest absolute Gasteiger partial charge is 0.497 e. The van der Waals surface area contributed by atoms with Crippen LogP contribution in [0, 0.1) is 0 Å². The Morgan fingerprint density at radius 2 is 2.00 bits per heavy atom. The standard InChI is InChI=1S/C20H29N5O2.ClH/c1-4-14(15-5-7-17(27-3)8-6-15)13-18(26)22-20-23-19(24-25(20)2)16-9-11-21-12-10-16;/h5-8,14,16,21H,4,9-13H2,1-3H3,(H,22,23,24,26);1H.